The maximum absolute atomic E-state index is 13.5. The molecular weight excluding hydrogens is 382 g/mol. The van der Waals surface area contributed by atoms with Gasteiger partial charge in [-0.25, -0.2) is 0 Å². The third-order valence-electron chi connectivity index (χ3n) is 5.25. The van der Waals surface area contributed by atoms with Gasteiger partial charge in [0.05, 0.1) is 0 Å². The van der Waals surface area contributed by atoms with Crippen molar-refractivity contribution in [1.82, 2.24) is 25.2 Å². The van der Waals surface area contributed by atoms with Gasteiger partial charge >= 0.3 is 0 Å². The fourth-order valence-corrected chi connectivity index (χ4v) is 3.79. The van der Waals surface area contributed by atoms with Crippen LogP contribution in [0.4, 0.5) is 0 Å². The highest BCUT2D eigenvalue weighted by Gasteiger charge is 2.37. The summed E-state index contributed by atoms with van der Waals surface area (Å²) in [6.45, 7) is 2.35. The average molecular weight is 401 g/mol. The summed E-state index contributed by atoms with van der Waals surface area (Å²) in [6.07, 6.45) is 3.27. The number of hydrogen-bond acceptors (Lipinski definition) is 7. The molecule has 8 nitrogen and oxygen atoms in total. The topological polar surface area (TPSA) is 98.2 Å². The first-order valence-electron chi connectivity index (χ1n) is 9.80. The molecule has 5 rings (SSSR count). The highest BCUT2D eigenvalue weighted by molar-refractivity contribution is 6.01. The number of nitrogens with zero attached hydrogens (tertiary/aromatic N) is 5. The van der Waals surface area contributed by atoms with E-state index in [1.54, 1.807) is 18.0 Å². The number of amides is 1. The molecule has 0 N–H and O–H groups in total. The minimum absolute atomic E-state index is 0.146. The molecule has 150 valence electrons. The Morgan fingerprint density at radius 2 is 1.93 bits per heavy atom. The smallest absolute Gasteiger partial charge is 0.266 e. The van der Waals surface area contributed by atoms with E-state index in [4.69, 9.17) is 8.94 Å². The average Bonchev–Trinajstić information content (AvgIpc) is 3.53. The van der Waals surface area contributed by atoms with Crippen LogP contribution in [-0.2, 0) is 0 Å². The molecule has 1 saturated heterocycles. The minimum atomic E-state index is -0.291. The van der Waals surface area contributed by atoms with Crippen LogP contribution in [0.3, 0.4) is 0 Å². The van der Waals surface area contributed by atoms with E-state index >= 15 is 0 Å². The number of carbonyl (C=O) groups is 1. The number of likely N-dealkylation sites (tertiary alicyclic amines) is 1. The molecule has 30 heavy (non-hydrogen) atoms. The molecule has 1 aliphatic heterocycles. The number of aromatic nitrogens is 4. The summed E-state index contributed by atoms with van der Waals surface area (Å²) >= 11 is 0. The summed E-state index contributed by atoms with van der Waals surface area (Å²) in [4.78, 5) is 19.5. The van der Waals surface area contributed by atoms with Crippen molar-refractivity contribution in [3.8, 4) is 22.8 Å². The largest absolute Gasteiger partial charge is 0.417 e. The van der Waals surface area contributed by atoms with Gasteiger partial charge in [-0.3, -0.25) is 9.78 Å². The number of hydrogen-bond donors (Lipinski definition) is 0. The molecule has 0 aliphatic carbocycles. The Hall–Kier alpha value is -3.81. The molecule has 1 atom stereocenters. The Balaban J connectivity index is 1.46. The number of aryl methyl sites for hydroxylation is 1. The Morgan fingerprint density at radius 3 is 2.73 bits per heavy atom. The Kier molecular flexibility index (Phi) is 4.59. The monoisotopic (exact) mass is 401 g/mol. The lowest BCUT2D eigenvalue weighted by Crippen LogP contribution is -2.31. The zero-order valence-electron chi connectivity index (χ0n) is 16.4. The van der Waals surface area contributed by atoms with Crippen molar-refractivity contribution in [3.05, 3.63) is 71.9 Å². The van der Waals surface area contributed by atoms with Crippen LogP contribution in [0.25, 0.3) is 22.8 Å². The van der Waals surface area contributed by atoms with Crippen molar-refractivity contribution in [3.63, 3.8) is 0 Å². The van der Waals surface area contributed by atoms with Crippen molar-refractivity contribution < 1.29 is 13.7 Å². The second kappa shape index (κ2) is 7.55. The highest BCUT2D eigenvalue weighted by Crippen LogP contribution is 2.36. The summed E-state index contributed by atoms with van der Waals surface area (Å²) in [5.74, 6) is 1.10. The predicted octanol–water partition coefficient (Wildman–Crippen LogP) is 4.07. The maximum atomic E-state index is 13.5. The van der Waals surface area contributed by atoms with E-state index in [9.17, 15) is 4.79 Å². The lowest BCUT2D eigenvalue weighted by atomic mass is 10.0. The number of benzene rings is 1. The summed E-state index contributed by atoms with van der Waals surface area (Å²) < 4.78 is 11.3. The lowest BCUT2D eigenvalue weighted by Gasteiger charge is -2.22. The van der Waals surface area contributed by atoms with Crippen molar-refractivity contribution in [2.75, 3.05) is 6.54 Å². The second-order valence-corrected chi connectivity index (χ2v) is 7.15. The van der Waals surface area contributed by atoms with Crippen molar-refractivity contribution in [2.24, 2.45) is 0 Å². The molecule has 0 saturated carbocycles. The summed E-state index contributed by atoms with van der Waals surface area (Å²) in [5.41, 5.74) is 2.46. The summed E-state index contributed by atoms with van der Waals surface area (Å²) in [6, 6.07) is 14.7. The van der Waals surface area contributed by atoms with Gasteiger partial charge in [0.1, 0.15) is 28.8 Å². The molecule has 8 heteroatoms. The van der Waals surface area contributed by atoms with Gasteiger partial charge in [-0.1, -0.05) is 41.6 Å². The molecule has 1 unspecified atom stereocenters. The van der Waals surface area contributed by atoms with E-state index < -0.39 is 0 Å². The van der Waals surface area contributed by atoms with Crippen LogP contribution in [0.1, 0.15) is 40.9 Å². The molecule has 1 fully saturated rings. The minimum Gasteiger partial charge on any atom is -0.417 e. The number of pyridine rings is 1. The van der Waals surface area contributed by atoms with Gasteiger partial charge in [-0.05, 0) is 31.9 Å². The van der Waals surface area contributed by atoms with Crippen molar-refractivity contribution in [2.45, 2.75) is 25.8 Å². The van der Waals surface area contributed by atoms with E-state index in [2.05, 4.69) is 20.3 Å². The molecule has 0 spiro atoms. The van der Waals surface area contributed by atoms with Gasteiger partial charge in [0.2, 0.25) is 5.89 Å². The van der Waals surface area contributed by atoms with Gasteiger partial charge in [-0.2, -0.15) is 0 Å². The zero-order valence-corrected chi connectivity index (χ0v) is 16.4. The molecule has 0 bridgehead atoms. The van der Waals surface area contributed by atoms with E-state index in [0.29, 0.717) is 41.0 Å². The van der Waals surface area contributed by atoms with Crippen LogP contribution in [-0.4, -0.2) is 37.7 Å². The SMILES string of the molecule is Cc1onc(-c2ccccc2)c1C(=O)N1CCCC1c1nnc(-c2ccccn2)o1. The van der Waals surface area contributed by atoms with Gasteiger partial charge in [0, 0.05) is 18.3 Å². The van der Waals surface area contributed by atoms with Crippen LogP contribution in [0, 0.1) is 6.92 Å². The van der Waals surface area contributed by atoms with Crippen LogP contribution < -0.4 is 0 Å². The third-order valence-corrected chi connectivity index (χ3v) is 5.25. The summed E-state index contributed by atoms with van der Waals surface area (Å²) in [7, 11) is 0. The second-order valence-electron chi connectivity index (χ2n) is 7.15. The van der Waals surface area contributed by atoms with Crippen LogP contribution >= 0.6 is 0 Å². The predicted molar refractivity (Wildman–Crippen MR) is 107 cm³/mol. The molecule has 1 amide bonds. The fourth-order valence-electron chi connectivity index (χ4n) is 3.79. The normalized spacial score (nSPS) is 16.2. The molecule has 0 radical (unpaired) electrons. The van der Waals surface area contributed by atoms with Gasteiger partial charge in [0.15, 0.2) is 0 Å². The summed E-state index contributed by atoms with van der Waals surface area (Å²) in [5, 5.41) is 12.5. The van der Waals surface area contributed by atoms with Crippen LogP contribution in [0.15, 0.2) is 63.7 Å². The van der Waals surface area contributed by atoms with E-state index in [1.807, 2.05) is 48.5 Å². The lowest BCUT2D eigenvalue weighted by molar-refractivity contribution is 0.0715. The fraction of sp³-hybridized carbons (Fsp3) is 0.227. The van der Waals surface area contributed by atoms with Crippen molar-refractivity contribution >= 4 is 5.91 Å². The number of carbonyl (C=O) groups excluding carboxylic acids is 1. The van der Waals surface area contributed by atoms with Gasteiger partial charge in [0.25, 0.3) is 11.8 Å². The van der Waals surface area contributed by atoms with Crippen LogP contribution in [0.2, 0.25) is 0 Å². The molecular formula is C22H19N5O3. The van der Waals surface area contributed by atoms with E-state index in [1.165, 1.54) is 0 Å². The quantitative estimate of drug-likeness (QED) is 0.508. The molecule has 4 aromatic rings. The first-order chi connectivity index (χ1) is 14.7. The first kappa shape index (κ1) is 18.2. The zero-order chi connectivity index (χ0) is 20.5. The standard InChI is InChI=1S/C22H19N5O3/c1-14-18(19(26-30-14)15-8-3-2-4-9-15)22(28)27-13-7-11-17(27)21-25-24-20(29-21)16-10-5-6-12-23-16/h2-6,8-10,12,17H,7,11,13H2,1H3. The first-order valence-corrected chi connectivity index (χ1v) is 9.80. The molecule has 1 aromatic carbocycles. The Labute approximate surface area is 172 Å². The van der Waals surface area contributed by atoms with E-state index in [-0.39, 0.29) is 11.9 Å². The Morgan fingerprint density at radius 1 is 1.10 bits per heavy atom. The molecule has 4 heterocycles. The molecule has 3 aromatic heterocycles. The molecule has 1 aliphatic rings. The Bertz CT molecular complexity index is 1170. The third kappa shape index (κ3) is 3.16. The van der Waals surface area contributed by atoms with Crippen LogP contribution in [0.5, 0.6) is 0 Å². The highest BCUT2D eigenvalue weighted by atomic mass is 16.5. The van der Waals surface area contributed by atoms with Gasteiger partial charge < -0.3 is 13.8 Å². The van der Waals surface area contributed by atoms with Crippen molar-refractivity contribution in [1.29, 1.82) is 0 Å². The van der Waals surface area contributed by atoms with Gasteiger partial charge in [-0.15, -0.1) is 10.2 Å². The van der Waals surface area contributed by atoms with E-state index in [0.717, 1.165) is 18.4 Å². The number of rotatable bonds is 4. The maximum Gasteiger partial charge on any atom is 0.266 e.